The molecule has 0 radical (unpaired) electrons. The number of thiophene rings is 1. The van der Waals surface area contributed by atoms with Crippen LogP contribution in [0.5, 0.6) is 5.75 Å². The number of carbonyl (C=O) groups excluding carboxylic acids is 4. The van der Waals surface area contributed by atoms with Gasteiger partial charge in [0.2, 0.25) is 11.8 Å². The van der Waals surface area contributed by atoms with Gasteiger partial charge >= 0.3 is 5.97 Å². The van der Waals surface area contributed by atoms with Crippen LogP contribution in [0, 0.1) is 33.1 Å². The molecule has 6 atom stereocenters. The molecule has 0 aliphatic carbocycles. The molecule has 72 heavy (non-hydrogen) atoms. The van der Waals surface area contributed by atoms with Crippen LogP contribution >= 0.6 is 22.7 Å². The first kappa shape index (κ1) is 50.2. The highest BCUT2D eigenvalue weighted by molar-refractivity contribution is 7.15. The molecule has 0 saturated carbocycles. The van der Waals surface area contributed by atoms with Gasteiger partial charge in [0.15, 0.2) is 5.82 Å². The van der Waals surface area contributed by atoms with Crippen LogP contribution in [0.2, 0.25) is 0 Å². The zero-order valence-corrected chi connectivity index (χ0v) is 43.7. The second-order valence-corrected chi connectivity index (χ2v) is 22.1. The Kier molecular flexibility index (Phi) is 14.2. The number of likely N-dealkylation sites (tertiary alicyclic amines) is 1. The van der Waals surface area contributed by atoms with Gasteiger partial charge in [0.1, 0.15) is 40.8 Å². The number of thiazole rings is 1. The van der Waals surface area contributed by atoms with Crippen LogP contribution in [-0.2, 0) is 19.1 Å². The number of aromatic nitrogens is 4. The van der Waals surface area contributed by atoms with Gasteiger partial charge in [-0.15, -0.1) is 32.9 Å². The summed E-state index contributed by atoms with van der Waals surface area (Å²) in [5.41, 5.74) is 9.25. The van der Waals surface area contributed by atoms with E-state index in [0.29, 0.717) is 23.7 Å². The van der Waals surface area contributed by atoms with Crippen molar-refractivity contribution in [2.24, 2.45) is 10.4 Å². The summed E-state index contributed by atoms with van der Waals surface area (Å²) in [6, 6.07) is 20.4. The van der Waals surface area contributed by atoms with Gasteiger partial charge in [0, 0.05) is 53.2 Å². The fourth-order valence-corrected chi connectivity index (χ4v) is 11.8. The minimum Gasteiger partial charge on any atom is -0.489 e. The monoisotopic (exact) mass is 1010 g/mol. The number of ether oxygens (including phenoxy) is 2. The first-order valence-corrected chi connectivity index (χ1v) is 26.0. The Morgan fingerprint density at radius 2 is 1.61 bits per heavy atom. The number of nitrogens with zero attached hydrogens (tertiary/aromatic N) is 7. The smallest absolute Gasteiger partial charge is 0.308 e. The minimum atomic E-state index is -0.989. The van der Waals surface area contributed by atoms with Crippen molar-refractivity contribution in [1.29, 1.82) is 0 Å². The quantitative estimate of drug-likeness (QED) is 0.0957. The highest BCUT2D eigenvalue weighted by Crippen LogP contribution is 2.40. The molecule has 3 aromatic heterocycles. The van der Waals surface area contributed by atoms with Gasteiger partial charge in [-0.05, 0) is 93.1 Å². The third-order valence-corrected chi connectivity index (χ3v) is 16.1. The lowest BCUT2D eigenvalue weighted by Crippen LogP contribution is -2.57. The van der Waals surface area contributed by atoms with Gasteiger partial charge in [-0.25, -0.2) is 4.98 Å². The summed E-state index contributed by atoms with van der Waals surface area (Å²) >= 11 is 3.24. The lowest BCUT2D eigenvalue weighted by atomic mass is 9.85. The second-order valence-electron chi connectivity index (χ2n) is 20.0. The van der Waals surface area contributed by atoms with Crippen molar-refractivity contribution in [3.63, 3.8) is 0 Å². The number of benzene rings is 3. The number of aliphatic hydroxyl groups excluding tert-OH is 1. The van der Waals surface area contributed by atoms with Gasteiger partial charge in [-0.3, -0.25) is 28.7 Å². The van der Waals surface area contributed by atoms with E-state index in [4.69, 9.17) is 14.5 Å². The first-order chi connectivity index (χ1) is 34.4. The number of hydrogen-bond acceptors (Lipinski definition) is 14. The van der Waals surface area contributed by atoms with Crippen LogP contribution < -0.4 is 20.3 Å². The maximum Gasteiger partial charge on any atom is 0.308 e. The van der Waals surface area contributed by atoms with Crippen LogP contribution in [0.1, 0.15) is 114 Å². The Labute approximate surface area is 427 Å². The second kappa shape index (κ2) is 20.4. The summed E-state index contributed by atoms with van der Waals surface area (Å²) in [6.07, 6.45) is -0.0708. The Hall–Kier alpha value is -6.76. The summed E-state index contributed by atoms with van der Waals surface area (Å²) in [7, 11) is 1.38. The van der Waals surface area contributed by atoms with Crippen molar-refractivity contribution < 1.29 is 33.8 Å². The van der Waals surface area contributed by atoms with Crippen molar-refractivity contribution >= 4 is 57.8 Å². The third-order valence-electron chi connectivity index (χ3n) is 13.9. The number of methoxy groups -OCH3 is 1. The predicted octanol–water partition coefficient (Wildman–Crippen LogP) is 7.78. The molecule has 3 amide bonds. The number of aliphatic hydroxyl groups is 1. The molecule has 9 rings (SSSR count). The Morgan fingerprint density at radius 3 is 2.28 bits per heavy atom. The Morgan fingerprint density at radius 1 is 0.903 bits per heavy atom. The summed E-state index contributed by atoms with van der Waals surface area (Å²) < 4.78 is 13.5. The van der Waals surface area contributed by atoms with E-state index in [1.165, 1.54) is 16.9 Å². The number of β-amino-alcohol motifs (C(OH)–C–C–N with tert-alkyl or cyclic N) is 1. The normalized spacial score (nSPS) is 19.4. The molecule has 0 bridgehead atoms. The molecule has 6 aromatic rings. The Balaban J connectivity index is 0.820. The van der Waals surface area contributed by atoms with E-state index in [0.717, 1.165) is 73.6 Å². The summed E-state index contributed by atoms with van der Waals surface area (Å²) in [5, 5.41) is 26.6. The van der Waals surface area contributed by atoms with E-state index < -0.39 is 41.5 Å². The zero-order valence-electron chi connectivity index (χ0n) is 42.1. The van der Waals surface area contributed by atoms with Crippen molar-refractivity contribution in [3.05, 3.63) is 128 Å². The fourth-order valence-electron chi connectivity index (χ4n) is 9.76. The van der Waals surface area contributed by atoms with E-state index in [9.17, 15) is 24.3 Å². The number of amides is 3. The first-order valence-electron chi connectivity index (χ1n) is 24.3. The van der Waals surface area contributed by atoms with E-state index in [-0.39, 0.29) is 43.4 Å². The summed E-state index contributed by atoms with van der Waals surface area (Å²) in [5.74, 6) is 0.336. The van der Waals surface area contributed by atoms with E-state index in [1.54, 1.807) is 46.9 Å². The van der Waals surface area contributed by atoms with Gasteiger partial charge < -0.3 is 35.0 Å². The van der Waals surface area contributed by atoms with E-state index in [2.05, 4.69) is 68.8 Å². The predicted molar refractivity (Wildman–Crippen MR) is 278 cm³/mol. The largest absolute Gasteiger partial charge is 0.489 e. The SMILES string of the molecule is COC(=O)C[C@@H]1N=C(c2ccc(N3CC[C@@H](Oc4ccc(C(=O)N[C@H](C(=O)N5C[C@H](O)C[C@H]5C(=O)N[C@@H](C)c5ccc(-c6scnc6C)cc5)C(C)(C)C)cc4)C3)cc2)c2c(sc(C)c2C)-n2c(C)nnc21. The van der Waals surface area contributed by atoms with Crippen molar-refractivity contribution in [3.8, 4) is 21.2 Å². The molecule has 376 valence electrons. The highest BCUT2D eigenvalue weighted by Gasteiger charge is 2.45. The molecule has 2 saturated heterocycles. The van der Waals surface area contributed by atoms with Gasteiger partial charge in [-0.1, -0.05) is 57.2 Å². The number of esters is 1. The topological polar surface area (TPSA) is 193 Å². The van der Waals surface area contributed by atoms with Gasteiger partial charge in [0.25, 0.3) is 5.91 Å². The molecule has 2 fully saturated rings. The molecule has 3 aliphatic rings. The van der Waals surface area contributed by atoms with Gasteiger partial charge in [-0.2, -0.15) is 0 Å². The average Bonchev–Trinajstić information content (AvgIpc) is 4.21. The molecule has 3 N–H and O–H groups in total. The molecule has 3 aliphatic heterocycles. The maximum absolute atomic E-state index is 14.3. The number of carbonyl (C=O) groups is 4. The Bertz CT molecular complexity index is 3030. The molecule has 3 aromatic carbocycles. The highest BCUT2D eigenvalue weighted by atomic mass is 32.1. The number of fused-ring (bicyclic) bond motifs is 3. The molecular formula is C54H61N9O7S2. The molecule has 18 heteroatoms. The van der Waals surface area contributed by atoms with Crippen LogP contribution in [0.25, 0.3) is 15.4 Å². The van der Waals surface area contributed by atoms with Crippen molar-refractivity contribution in [1.82, 2.24) is 35.3 Å². The fraction of sp³-hybridized carbons (Fsp3) is 0.407. The van der Waals surface area contributed by atoms with Crippen LogP contribution in [0.15, 0.2) is 83.3 Å². The molecule has 16 nitrogen and oxygen atoms in total. The van der Waals surface area contributed by atoms with E-state index >= 15 is 0 Å². The van der Waals surface area contributed by atoms with Crippen molar-refractivity contribution in [2.45, 2.75) is 111 Å². The minimum absolute atomic E-state index is 0.0236. The van der Waals surface area contributed by atoms with Crippen LogP contribution in [0.4, 0.5) is 5.69 Å². The number of hydrogen-bond donors (Lipinski definition) is 3. The summed E-state index contributed by atoms with van der Waals surface area (Å²) in [4.78, 5) is 70.0. The van der Waals surface area contributed by atoms with E-state index in [1.807, 2.05) is 75.9 Å². The lowest BCUT2D eigenvalue weighted by Gasteiger charge is -2.35. The average molecular weight is 1010 g/mol. The molecule has 0 unspecified atom stereocenters. The standard InChI is InChI=1S/C54H61N9O7S2/c1-29-32(4)72-53-45(29)46(57-42(25-44(65)69-9)49-60-59-33(5)63(49)53)35-14-18-38(19-15-35)61-23-22-41(27-61)70-40-20-16-37(17-21-40)50(66)58-48(54(6,7)8)52(68)62-26-39(64)24-43(62)51(67)56-30(2)34-10-12-36(13-11-34)47-31(3)55-28-71-47/h10-21,28,30,39,41-43,48,64H,22-27H2,1-9H3,(H,56,67)(H,58,66)/t30-,39+,41+,42-,43-,48+/m0/s1. The third kappa shape index (κ3) is 10.2. The molecule has 6 heterocycles. The van der Waals surface area contributed by atoms with Crippen molar-refractivity contribution in [2.75, 3.05) is 31.6 Å². The number of anilines is 1. The van der Waals surface area contributed by atoms with Crippen LogP contribution in [0.3, 0.4) is 0 Å². The number of rotatable bonds is 13. The van der Waals surface area contributed by atoms with Crippen LogP contribution in [-0.4, -0.2) is 110 Å². The maximum atomic E-state index is 14.3. The molecule has 0 spiro atoms. The molecular weight excluding hydrogens is 951 g/mol. The number of aryl methyl sites for hydroxylation is 3. The number of nitrogens with one attached hydrogen (secondary N) is 2. The van der Waals surface area contributed by atoms with Gasteiger partial charge in [0.05, 0.1) is 54.0 Å². The number of aliphatic imine (C=N–C) groups is 1. The lowest BCUT2D eigenvalue weighted by molar-refractivity contribution is -0.142. The zero-order chi connectivity index (χ0) is 51.2. The summed E-state index contributed by atoms with van der Waals surface area (Å²) in [6.45, 7) is 17.0.